The van der Waals surface area contributed by atoms with Crippen LogP contribution in [0.3, 0.4) is 0 Å². The van der Waals surface area contributed by atoms with Crippen LogP contribution in [0.2, 0.25) is 0 Å². The fourth-order valence-corrected chi connectivity index (χ4v) is 4.88. The highest BCUT2D eigenvalue weighted by molar-refractivity contribution is 5.95. The van der Waals surface area contributed by atoms with Gasteiger partial charge in [-0.15, -0.1) is 0 Å². The molecule has 43 heavy (non-hydrogen) atoms. The molecular weight excluding hydrogens is 558 g/mol. The van der Waals surface area contributed by atoms with Crippen molar-refractivity contribution in [1.29, 1.82) is 0 Å². The fourth-order valence-electron chi connectivity index (χ4n) is 4.88. The van der Waals surface area contributed by atoms with E-state index in [1.807, 2.05) is 33.8 Å². The maximum atomic E-state index is 13.6. The van der Waals surface area contributed by atoms with E-state index in [0.717, 1.165) is 5.56 Å². The van der Waals surface area contributed by atoms with E-state index >= 15 is 0 Å². The molecule has 4 amide bonds. The van der Waals surface area contributed by atoms with Crippen LogP contribution in [0.25, 0.3) is 0 Å². The summed E-state index contributed by atoms with van der Waals surface area (Å²) in [6, 6.07) is 3.67. The standard InChI is InChI=1S/C30H45N5O8/c1-17(2)15-21(26(38)32-20(30(42)43)12-13-24(36)37)33-27(39)22(16-19-9-6-5-7-10-19)34-28(40)23-11-8-14-35(23)29(41)25(31)18(3)4/h5-7,9-10,17-18,20-23,25H,8,11-16,31H2,1-4H3,(H,32,38)(H,33,39)(H,34,40)(H,36,37)(H,42,43)/t20-,21-,22-,23-,25-/m0/s1. The molecule has 2 rings (SSSR count). The number of carbonyl (C=O) groups is 6. The number of carboxylic acids is 2. The number of carbonyl (C=O) groups excluding carboxylic acids is 4. The minimum atomic E-state index is -1.46. The summed E-state index contributed by atoms with van der Waals surface area (Å²) in [7, 11) is 0. The fraction of sp³-hybridized carbons (Fsp3) is 0.600. The quantitative estimate of drug-likeness (QED) is 0.157. The van der Waals surface area contributed by atoms with Crippen molar-refractivity contribution < 1.29 is 39.0 Å². The number of amides is 4. The first-order valence-electron chi connectivity index (χ1n) is 14.7. The van der Waals surface area contributed by atoms with Crippen molar-refractivity contribution in [2.24, 2.45) is 17.6 Å². The van der Waals surface area contributed by atoms with Gasteiger partial charge in [-0.25, -0.2) is 4.79 Å². The van der Waals surface area contributed by atoms with Gasteiger partial charge < -0.3 is 36.8 Å². The van der Waals surface area contributed by atoms with Gasteiger partial charge in [0.1, 0.15) is 24.2 Å². The van der Waals surface area contributed by atoms with Crippen molar-refractivity contribution in [3.05, 3.63) is 35.9 Å². The van der Waals surface area contributed by atoms with Crippen molar-refractivity contribution in [1.82, 2.24) is 20.9 Å². The normalized spacial score (nSPS) is 17.6. The largest absolute Gasteiger partial charge is 0.481 e. The van der Waals surface area contributed by atoms with Crippen molar-refractivity contribution in [3.8, 4) is 0 Å². The van der Waals surface area contributed by atoms with Crippen LogP contribution in [-0.2, 0) is 35.2 Å². The smallest absolute Gasteiger partial charge is 0.326 e. The van der Waals surface area contributed by atoms with Crippen LogP contribution in [0.1, 0.15) is 65.4 Å². The summed E-state index contributed by atoms with van der Waals surface area (Å²) in [5.74, 6) is -5.09. The van der Waals surface area contributed by atoms with Crippen LogP contribution in [-0.4, -0.2) is 87.4 Å². The molecule has 0 saturated carbocycles. The number of aliphatic carboxylic acids is 2. The summed E-state index contributed by atoms with van der Waals surface area (Å²) in [6.07, 6.45) is 0.472. The molecule has 13 nitrogen and oxygen atoms in total. The average Bonchev–Trinajstić information content (AvgIpc) is 3.43. The topological polar surface area (TPSA) is 208 Å². The van der Waals surface area contributed by atoms with Gasteiger partial charge in [0.05, 0.1) is 6.04 Å². The highest BCUT2D eigenvalue weighted by Gasteiger charge is 2.38. The molecule has 0 unspecified atom stereocenters. The Morgan fingerprint density at radius 2 is 1.51 bits per heavy atom. The van der Waals surface area contributed by atoms with Crippen LogP contribution in [0.4, 0.5) is 0 Å². The third-order valence-corrected chi connectivity index (χ3v) is 7.36. The van der Waals surface area contributed by atoms with Gasteiger partial charge in [-0.1, -0.05) is 58.0 Å². The summed E-state index contributed by atoms with van der Waals surface area (Å²) < 4.78 is 0. The molecule has 1 aliphatic heterocycles. The number of nitrogens with zero attached hydrogens (tertiary/aromatic N) is 1. The van der Waals surface area contributed by atoms with E-state index < -0.39 is 66.3 Å². The first-order valence-corrected chi connectivity index (χ1v) is 14.7. The maximum absolute atomic E-state index is 13.6. The van der Waals surface area contributed by atoms with Gasteiger partial charge >= 0.3 is 11.9 Å². The Morgan fingerprint density at radius 1 is 0.907 bits per heavy atom. The third-order valence-electron chi connectivity index (χ3n) is 7.36. The molecule has 1 heterocycles. The second-order valence-corrected chi connectivity index (χ2v) is 11.7. The minimum absolute atomic E-state index is 0.0799. The lowest BCUT2D eigenvalue weighted by molar-refractivity contribution is -0.143. The molecule has 1 aromatic rings. The third kappa shape index (κ3) is 11.0. The molecule has 0 aliphatic carbocycles. The molecule has 0 aromatic heterocycles. The molecule has 1 fully saturated rings. The summed E-state index contributed by atoms with van der Waals surface area (Å²) in [5.41, 5.74) is 6.82. The number of benzene rings is 1. The predicted octanol–water partition coefficient (Wildman–Crippen LogP) is 0.653. The van der Waals surface area contributed by atoms with Gasteiger partial charge in [-0.3, -0.25) is 24.0 Å². The lowest BCUT2D eigenvalue weighted by Gasteiger charge is -2.30. The average molecular weight is 604 g/mol. The Labute approximate surface area is 251 Å². The zero-order valence-corrected chi connectivity index (χ0v) is 25.2. The Hall–Kier alpha value is -4.00. The SMILES string of the molecule is CC(C)C[C@H](NC(=O)[C@H](Cc1ccccc1)NC(=O)[C@@H]1CCCN1C(=O)[C@@H](N)C(C)C)C(=O)N[C@@H](CCC(=O)O)C(=O)O. The van der Waals surface area contributed by atoms with Gasteiger partial charge in [0.15, 0.2) is 0 Å². The Balaban J connectivity index is 2.27. The van der Waals surface area contributed by atoms with Crippen LogP contribution in [0.15, 0.2) is 30.3 Å². The Morgan fingerprint density at radius 3 is 2.07 bits per heavy atom. The van der Waals surface area contributed by atoms with E-state index in [4.69, 9.17) is 10.8 Å². The summed E-state index contributed by atoms with van der Waals surface area (Å²) >= 11 is 0. The van der Waals surface area contributed by atoms with Crippen LogP contribution >= 0.6 is 0 Å². The lowest BCUT2D eigenvalue weighted by atomic mass is 10.00. The van der Waals surface area contributed by atoms with E-state index in [1.54, 1.807) is 24.3 Å². The number of rotatable bonds is 16. The highest BCUT2D eigenvalue weighted by atomic mass is 16.4. The zero-order valence-electron chi connectivity index (χ0n) is 25.2. The van der Waals surface area contributed by atoms with Crippen LogP contribution < -0.4 is 21.7 Å². The van der Waals surface area contributed by atoms with Gasteiger partial charge in [0.25, 0.3) is 0 Å². The van der Waals surface area contributed by atoms with Gasteiger partial charge in [0, 0.05) is 19.4 Å². The van der Waals surface area contributed by atoms with E-state index in [0.29, 0.717) is 19.4 Å². The molecule has 1 aliphatic rings. The summed E-state index contributed by atoms with van der Waals surface area (Å²) in [5, 5.41) is 26.2. The maximum Gasteiger partial charge on any atom is 0.326 e. The first kappa shape index (κ1) is 35.2. The number of likely N-dealkylation sites (tertiary alicyclic amines) is 1. The molecule has 7 N–H and O–H groups in total. The molecule has 1 aromatic carbocycles. The van der Waals surface area contributed by atoms with Gasteiger partial charge in [-0.05, 0) is 43.1 Å². The molecule has 238 valence electrons. The van der Waals surface area contributed by atoms with E-state index in [2.05, 4.69) is 16.0 Å². The van der Waals surface area contributed by atoms with Gasteiger partial charge in [0.2, 0.25) is 23.6 Å². The summed E-state index contributed by atoms with van der Waals surface area (Å²) in [6.45, 7) is 7.66. The summed E-state index contributed by atoms with van der Waals surface area (Å²) in [4.78, 5) is 77.3. The molecule has 13 heteroatoms. The first-order chi connectivity index (χ1) is 20.2. The molecule has 0 radical (unpaired) electrons. The number of hydrogen-bond donors (Lipinski definition) is 6. The lowest BCUT2D eigenvalue weighted by Crippen LogP contribution is -2.59. The molecule has 1 saturated heterocycles. The minimum Gasteiger partial charge on any atom is -0.481 e. The van der Waals surface area contributed by atoms with E-state index in [1.165, 1.54) is 4.90 Å². The van der Waals surface area contributed by atoms with Crippen molar-refractivity contribution >= 4 is 35.6 Å². The molecule has 0 spiro atoms. The number of carboxylic acid groups (broad SMARTS) is 2. The molecule has 5 atom stereocenters. The second kappa shape index (κ2) is 16.6. The highest BCUT2D eigenvalue weighted by Crippen LogP contribution is 2.20. The van der Waals surface area contributed by atoms with Gasteiger partial charge in [-0.2, -0.15) is 0 Å². The number of hydrogen-bond acceptors (Lipinski definition) is 7. The Bertz CT molecular complexity index is 1140. The van der Waals surface area contributed by atoms with Crippen molar-refractivity contribution in [3.63, 3.8) is 0 Å². The Kier molecular flexibility index (Phi) is 13.6. The van der Waals surface area contributed by atoms with E-state index in [-0.39, 0.29) is 37.0 Å². The predicted molar refractivity (Wildman–Crippen MR) is 157 cm³/mol. The van der Waals surface area contributed by atoms with Crippen molar-refractivity contribution in [2.75, 3.05) is 6.54 Å². The molecular formula is C30H45N5O8. The zero-order chi connectivity index (χ0) is 32.3. The van der Waals surface area contributed by atoms with Crippen molar-refractivity contribution in [2.45, 2.75) is 96.4 Å². The number of nitrogens with one attached hydrogen (secondary N) is 3. The van der Waals surface area contributed by atoms with Crippen LogP contribution in [0, 0.1) is 11.8 Å². The second-order valence-electron chi connectivity index (χ2n) is 11.7. The van der Waals surface area contributed by atoms with E-state index in [9.17, 15) is 33.9 Å². The molecule has 0 bridgehead atoms. The monoisotopic (exact) mass is 603 g/mol. The number of nitrogens with two attached hydrogens (primary N) is 1. The van der Waals surface area contributed by atoms with Crippen LogP contribution in [0.5, 0.6) is 0 Å².